The van der Waals surface area contributed by atoms with E-state index >= 15 is 0 Å². The quantitative estimate of drug-likeness (QED) is 0.766. The summed E-state index contributed by atoms with van der Waals surface area (Å²) in [5.41, 5.74) is 3.78. The van der Waals surface area contributed by atoms with E-state index in [1.807, 2.05) is 0 Å². The van der Waals surface area contributed by atoms with Crippen molar-refractivity contribution in [3.8, 4) is 10.6 Å². The van der Waals surface area contributed by atoms with E-state index in [2.05, 4.69) is 57.5 Å². The van der Waals surface area contributed by atoms with E-state index < -0.39 is 0 Å². The first-order valence-electron chi connectivity index (χ1n) is 5.43. The lowest BCUT2D eigenvalue weighted by Gasteiger charge is -1.98. The van der Waals surface area contributed by atoms with E-state index in [9.17, 15) is 0 Å². The molecule has 0 spiro atoms. The molecule has 0 aliphatic rings. The van der Waals surface area contributed by atoms with Crippen molar-refractivity contribution in [2.24, 2.45) is 0 Å². The van der Waals surface area contributed by atoms with Crippen LogP contribution in [0.5, 0.6) is 0 Å². The summed E-state index contributed by atoms with van der Waals surface area (Å²) in [4.78, 5) is 4.61. The van der Waals surface area contributed by atoms with Crippen LogP contribution in [-0.4, -0.2) is 10.3 Å². The van der Waals surface area contributed by atoms with E-state index in [1.54, 1.807) is 11.3 Å². The molecule has 0 saturated heterocycles. The van der Waals surface area contributed by atoms with Gasteiger partial charge in [-0.05, 0) is 12.0 Å². The molecule has 0 bridgehead atoms. The van der Waals surface area contributed by atoms with Gasteiger partial charge in [0.05, 0.1) is 5.69 Å². The predicted molar refractivity (Wildman–Crippen MR) is 74.4 cm³/mol. The molecule has 1 heterocycles. The van der Waals surface area contributed by atoms with Crippen LogP contribution in [0.4, 0.5) is 0 Å². The molecule has 0 fully saturated rings. The Bertz CT molecular complexity index is 447. The lowest BCUT2D eigenvalue weighted by molar-refractivity contribution is 1.09. The van der Waals surface area contributed by atoms with Gasteiger partial charge in [0.1, 0.15) is 5.01 Å². The molecule has 2 rings (SSSR count). The van der Waals surface area contributed by atoms with E-state index in [-0.39, 0.29) is 0 Å². The lowest BCUT2D eigenvalue weighted by atomic mass is 10.1. The van der Waals surface area contributed by atoms with Crippen molar-refractivity contribution < 1.29 is 0 Å². The summed E-state index contributed by atoms with van der Waals surface area (Å²) in [7, 11) is 0. The Kier molecular flexibility index (Phi) is 4.13. The highest BCUT2D eigenvalue weighted by atomic mass is 79.9. The lowest BCUT2D eigenvalue weighted by Crippen LogP contribution is -1.86. The maximum absolute atomic E-state index is 4.61. The van der Waals surface area contributed by atoms with Gasteiger partial charge < -0.3 is 0 Å². The molecule has 2 aromatic rings. The third kappa shape index (κ3) is 2.71. The first kappa shape index (κ1) is 11.8. The van der Waals surface area contributed by atoms with Crippen LogP contribution in [0.15, 0.2) is 29.6 Å². The van der Waals surface area contributed by atoms with Crippen molar-refractivity contribution in [3.05, 3.63) is 40.9 Å². The van der Waals surface area contributed by atoms with Crippen LogP contribution < -0.4 is 0 Å². The number of thiazole rings is 1. The zero-order chi connectivity index (χ0) is 11.4. The molecule has 1 nitrogen and oxygen atoms in total. The third-order valence-corrected chi connectivity index (χ3v) is 3.85. The van der Waals surface area contributed by atoms with Gasteiger partial charge in [-0.1, -0.05) is 47.1 Å². The molecule has 1 aromatic heterocycles. The Morgan fingerprint density at radius 1 is 1.25 bits per heavy atom. The molecular weight excluding hydrogens is 282 g/mol. The Hall–Kier alpha value is -0.670. The number of aryl methyl sites for hydroxylation is 2. The molecule has 0 unspecified atom stereocenters. The Morgan fingerprint density at radius 2 is 2.00 bits per heavy atom. The summed E-state index contributed by atoms with van der Waals surface area (Å²) >= 11 is 5.16. The fourth-order valence-electron chi connectivity index (χ4n) is 1.53. The summed E-state index contributed by atoms with van der Waals surface area (Å²) < 4.78 is 0. The van der Waals surface area contributed by atoms with E-state index in [0.29, 0.717) is 0 Å². The third-order valence-electron chi connectivity index (χ3n) is 2.51. The summed E-state index contributed by atoms with van der Waals surface area (Å²) in [5, 5.41) is 4.24. The van der Waals surface area contributed by atoms with Crippen molar-refractivity contribution in [2.45, 2.75) is 19.8 Å². The molecule has 3 heteroatoms. The number of aromatic nitrogens is 1. The molecule has 0 aliphatic heterocycles. The second kappa shape index (κ2) is 5.60. The summed E-state index contributed by atoms with van der Waals surface area (Å²) in [6.07, 6.45) is 2.09. The Labute approximate surface area is 109 Å². The smallest absolute Gasteiger partial charge is 0.123 e. The average molecular weight is 296 g/mol. The maximum atomic E-state index is 4.61. The molecule has 0 atom stereocenters. The van der Waals surface area contributed by atoms with Crippen molar-refractivity contribution in [3.63, 3.8) is 0 Å². The number of alkyl halides is 1. The summed E-state index contributed by atoms with van der Waals surface area (Å²) in [6, 6.07) is 8.69. The highest BCUT2D eigenvalue weighted by Gasteiger charge is 2.03. The zero-order valence-electron chi connectivity index (χ0n) is 9.24. The highest BCUT2D eigenvalue weighted by molar-refractivity contribution is 9.09. The second-order valence-corrected chi connectivity index (χ2v) is 5.28. The monoisotopic (exact) mass is 295 g/mol. The fourth-order valence-corrected chi connectivity index (χ4v) is 2.80. The van der Waals surface area contributed by atoms with Gasteiger partial charge in [0.25, 0.3) is 0 Å². The highest BCUT2D eigenvalue weighted by Crippen LogP contribution is 2.24. The van der Waals surface area contributed by atoms with Crippen molar-refractivity contribution in [1.29, 1.82) is 0 Å². The molecule has 1 aromatic carbocycles. The van der Waals surface area contributed by atoms with Gasteiger partial charge in [-0.3, -0.25) is 0 Å². The van der Waals surface area contributed by atoms with Crippen molar-refractivity contribution in [2.75, 3.05) is 5.33 Å². The minimum absolute atomic E-state index is 0.977. The van der Waals surface area contributed by atoms with Gasteiger partial charge in [0, 0.05) is 22.7 Å². The van der Waals surface area contributed by atoms with Gasteiger partial charge in [-0.25, -0.2) is 4.98 Å². The molecule has 0 aliphatic carbocycles. The molecule has 16 heavy (non-hydrogen) atoms. The molecule has 84 valence electrons. The Morgan fingerprint density at radius 3 is 2.62 bits per heavy atom. The number of rotatable bonds is 4. The Balaban J connectivity index is 2.21. The minimum Gasteiger partial charge on any atom is -0.241 e. The predicted octanol–water partition coefficient (Wildman–Crippen LogP) is 4.31. The number of nitrogens with zero attached hydrogens (tertiary/aromatic N) is 1. The second-order valence-electron chi connectivity index (χ2n) is 3.63. The van der Waals surface area contributed by atoms with Gasteiger partial charge >= 0.3 is 0 Å². The van der Waals surface area contributed by atoms with E-state index in [1.165, 1.54) is 16.8 Å². The van der Waals surface area contributed by atoms with Crippen LogP contribution in [-0.2, 0) is 12.8 Å². The van der Waals surface area contributed by atoms with Crippen molar-refractivity contribution in [1.82, 2.24) is 4.98 Å². The van der Waals surface area contributed by atoms with Gasteiger partial charge in [-0.15, -0.1) is 11.3 Å². The standard InChI is InChI=1S/C13H14BrNS/c1-2-10-3-5-11(6-4-10)13-15-12(7-8-14)9-16-13/h3-6,9H,2,7-8H2,1H3. The summed E-state index contributed by atoms with van der Waals surface area (Å²) in [6.45, 7) is 2.17. The largest absolute Gasteiger partial charge is 0.241 e. The first-order valence-corrected chi connectivity index (χ1v) is 7.43. The summed E-state index contributed by atoms with van der Waals surface area (Å²) in [5.74, 6) is 0. The van der Waals surface area contributed by atoms with Crippen LogP contribution in [0.1, 0.15) is 18.2 Å². The topological polar surface area (TPSA) is 12.9 Å². The van der Waals surface area contributed by atoms with Crippen LogP contribution in [0.2, 0.25) is 0 Å². The van der Waals surface area contributed by atoms with Crippen LogP contribution in [0, 0.1) is 0 Å². The molecule has 0 radical (unpaired) electrons. The molecule has 0 saturated carbocycles. The van der Waals surface area contributed by atoms with Crippen molar-refractivity contribution >= 4 is 27.3 Å². The molecular formula is C13H14BrNS. The normalized spacial score (nSPS) is 10.6. The minimum atomic E-state index is 0.977. The molecule has 0 amide bonds. The van der Waals surface area contributed by atoms with Gasteiger partial charge in [0.2, 0.25) is 0 Å². The van der Waals surface area contributed by atoms with Crippen LogP contribution in [0.25, 0.3) is 10.6 Å². The first-order chi connectivity index (χ1) is 7.83. The number of hydrogen-bond acceptors (Lipinski definition) is 2. The van der Waals surface area contributed by atoms with Crippen LogP contribution in [0.3, 0.4) is 0 Å². The molecule has 0 N–H and O–H groups in total. The SMILES string of the molecule is CCc1ccc(-c2nc(CCBr)cs2)cc1. The van der Waals surface area contributed by atoms with Crippen LogP contribution >= 0.6 is 27.3 Å². The maximum Gasteiger partial charge on any atom is 0.123 e. The zero-order valence-corrected chi connectivity index (χ0v) is 11.6. The number of benzene rings is 1. The van der Waals surface area contributed by atoms with E-state index in [0.717, 1.165) is 23.2 Å². The average Bonchev–Trinajstić information content (AvgIpc) is 2.78. The van der Waals surface area contributed by atoms with E-state index in [4.69, 9.17) is 0 Å². The van der Waals surface area contributed by atoms with Gasteiger partial charge in [0.15, 0.2) is 0 Å². The number of hydrogen-bond donors (Lipinski definition) is 0. The number of halogens is 1. The fraction of sp³-hybridized carbons (Fsp3) is 0.308. The van der Waals surface area contributed by atoms with Gasteiger partial charge in [-0.2, -0.15) is 0 Å².